The zero-order valence-corrected chi connectivity index (χ0v) is 15.5. The molecule has 0 fully saturated rings. The minimum absolute atomic E-state index is 0.0950. The third-order valence-electron chi connectivity index (χ3n) is 4.89. The van der Waals surface area contributed by atoms with E-state index in [2.05, 4.69) is 5.32 Å². The standard InChI is InChI=1S/C21H23ClFNO3/c22-17-7-5-15(6-8-17)14-3-1-13(2-4-14)9-10-24-18-11-16(12-23)19(25)21(27)20(18)26/h1-8,11,18-21,24-27H,9-10,12H2/t18-,19+,20+,21+/m1/s1. The van der Waals surface area contributed by atoms with Gasteiger partial charge in [0.2, 0.25) is 0 Å². The van der Waals surface area contributed by atoms with Gasteiger partial charge in [-0.3, -0.25) is 0 Å². The number of alkyl halides is 1. The van der Waals surface area contributed by atoms with E-state index in [1.54, 1.807) is 0 Å². The van der Waals surface area contributed by atoms with Crippen molar-refractivity contribution in [3.63, 3.8) is 0 Å². The number of hydrogen-bond donors (Lipinski definition) is 4. The van der Waals surface area contributed by atoms with Crippen LogP contribution in [0.1, 0.15) is 5.56 Å². The highest BCUT2D eigenvalue weighted by Crippen LogP contribution is 2.23. The van der Waals surface area contributed by atoms with Gasteiger partial charge in [-0.2, -0.15) is 0 Å². The Kier molecular flexibility index (Phi) is 6.63. The highest BCUT2D eigenvalue weighted by molar-refractivity contribution is 6.30. The molecule has 1 aliphatic carbocycles. The Labute approximate surface area is 162 Å². The molecule has 0 radical (unpaired) electrons. The maximum absolute atomic E-state index is 12.9. The molecule has 0 spiro atoms. The van der Waals surface area contributed by atoms with Gasteiger partial charge in [0, 0.05) is 5.02 Å². The topological polar surface area (TPSA) is 72.7 Å². The molecule has 0 heterocycles. The van der Waals surface area contributed by atoms with Crippen LogP contribution >= 0.6 is 11.6 Å². The van der Waals surface area contributed by atoms with Crippen LogP contribution in [0.3, 0.4) is 0 Å². The SMILES string of the molecule is O[C@@H]1[C@@H](O)[C@@H](O)C(CF)=C[C@H]1NCCc1ccc(-c2ccc(Cl)cc2)cc1. The monoisotopic (exact) mass is 391 g/mol. The second-order valence-corrected chi connectivity index (χ2v) is 7.17. The molecule has 144 valence electrons. The lowest BCUT2D eigenvalue weighted by atomic mass is 9.88. The molecule has 0 amide bonds. The van der Waals surface area contributed by atoms with E-state index in [1.807, 2.05) is 48.5 Å². The number of aliphatic hydroxyl groups is 3. The van der Waals surface area contributed by atoms with Crippen LogP contribution in [0.15, 0.2) is 60.2 Å². The molecule has 4 N–H and O–H groups in total. The maximum atomic E-state index is 12.9. The van der Waals surface area contributed by atoms with Crippen molar-refractivity contribution in [3.05, 3.63) is 70.8 Å². The highest BCUT2D eigenvalue weighted by atomic mass is 35.5. The van der Waals surface area contributed by atoms with Gasteiger partial charge in [-0.15, -0.1) is 0 Å². The lowest BCUT2D eigenvalue weighted by molar-refractivity contribution is -0.0628. The van der Waals surface area contributed by atoms with Crippen LogP contribution < -0.4 is 5.32 Å². The van der Waals surface area contributed by atoms with Gasteiger partial charge < -0.3 is 20.6 Å². The van der Waals surface area contributed by atoms with Gasteiger partial charge in [0.15, 0.2) is 0 Å². The fraction of sp³-hybridized carbons (Fsp3) is 0.333. The van der Waals surface area contributed by atoms with Crippen LogP contribution in [0.4, 0.5) is 4.39 Å². The summed E-state index contributed by atoms with van der Waals surface area (Å²) in [4.78, 5) is 0. The van der Waals surface area contributed by atoms with Crippen molar-refractivity contribution >= 4 is 11.6 Å². The predicted molar refractivity (Wildman–Crippen MR) is 104 cm³/mol. The van der Waals surface area contributed by atoms with E-state index < -0.39 is 31.0 Å². The number of hydrogen-bond acceptors (Lipinski definition) is 4. The Hall–Kier alpha value is -1.76. The summed E-state index contributed by atoms with van der Waals surface area (Å²) in [7, 11) is 0. The van der Waals surface area contributed by atoms with Gasteiger partial charge in [-0.05, 0) is 47.4 Å². The zero-order chi connectivity index (χ0) is 19.4. The largest absolute Gasteiger partial charge is 0.388 e. The molecule has 6 heteroatoms. The minimum Gasteiger partial charge on any atom is -0.388 e. The average molecular weight is 392 g/mol. The molecule has 3 rings (SSSR count). The van der Waals surface area contributed by atoms with E-state index in [0.29, 0.717) is 18.0 Å². The van der Waals surface area contributed by atoms with Crippen molar-refractivity contribution in [1.29, 1.82) is 0 Å². The molecule has 4 atom stereocenters. The van der Waals surface area contributed by atoms with Gasteiger partial charge in [-0.25, -0.2) is 4.39 Å². The second-order valence-electron chi connectivity index (χ2n) is 6.73. The van der Waals surface area contributed by atoms with Gasteiger partial charge in [0.25, 0.3) is 0 Å². The van der Waals surface area contributed by atoms with Crippen LogP contribution in [0.2, 0.25) is 5.02 Å². The summed E-state index contributed by atoms with van der Waals surface area (Å²) in [6.45, 7) is -0.309. The molecule has 4 nitrogen and oxygen atoms in total. The van der Waals surface area contributed by atoms with Crippen LogP contribution in [0.25, 0.3) is 11.1 Å². The van der Waals surface area contributed by atoms with Crippen molar-refractivity contribution in [2.24, 2.45) is 0 Å². The molecule has 1 aliphatic rings. The molecular formula is C21H23ClFNO3. The van der Waals surface area contributed by atoms with Crippen molar-refractivity contribution in [1.82, 2.24) is 5.32 Å². The molecule has 0 aliphatic heterocycles. The Bertz CT molecular complexity index is 779. The molecule has 27 heavy (non-hydrogen) atoms. The van der Waals surface area contributed by atoms with E-state index in [-0.39, 0.29) is 5.57 Å². The quantitative estimate of drug-likeness (QED) is 0.571. The molecule has 0 bridgehead atoms. The molecular weight excluding hydrogens is 369 g/mol. The fourth-order valence-electron chi connectivity index (χ4n) is 3.24. The van der Waals surface area contributed by atoms with Crippen LogP contribution in [0, 0.1) is 0 Å². The molecule has 0 saturated heterocycles. The van der Waals surface area contributed by atoms with Gasteiger partial charge in [-0.1, -0.05) is 54.1 Å². The first kappa shape index (κ1) is 20.0. The Morgan fingerprint density at radius 3 is 2.07 bits per heavy atom. The second kappa shape index (κ2) is 8.95. The van der Waals surface area contributed by atoms with Crippen molar-refractivity contribution in [3.8, 4) is 11.1 Å². The molecule has 0 aromatic heterocycles. The van der Waals surface area contributed by atoms with E-state index in [1.165, 1.54) is 6.08 Å². The summed E-state index contributed by atoms with van der Waals surface area (Å²) in [6.07, 6.45) is -1.75. The van der Waals surface area contributed by atoms with Crippen LogP contribution in [-0.4, -0.2) is 52.9 Å². The Balaban J connectivity index is 1.57. The zero-order valence-electron chi connectivity index (χ0n) is 14.7. The molecule has 0 saturated carbocycles. The number of rotatable bonds is 6. The van der Waals surface area contributed by atoms with Crippen molar-refractivity contribution < 1.29 is 19.7 Å². The molecule has 2 aromatic carbocycles. The fourth-order valence-corrected chi connectivity index (χ4v) is 3.36. The lowest BCUT2D eigenvalue weighted by Crippen LogP contribution is -2.54. The van der Waals surface area contributed by atoms with Crippen LogP contribution in [-0.2, 0) is 6.42 Å². The predicted octanol–water partition coefficient (Wildman–Crippen LogP) is 2.50. The van der Waals surface area contributed by atoms with E-state index in [4.69, 9.17) is 11.6 Å². The smallest absolute Gasteiger partial charge is 0.113 e. The van der Waals surface area contributed by atoms with Gasteiger partial charge in [0.1, 0.15) is 25.0 Å². The first-order valence-electron chi connectivity index (χ1n) is 8.88. The third kappa shape index (κ3) is 4.75. The number of aliphatic hydroxyl groups excluding tert-OH is 3. The van der Waals surface area contributed by atoms with Crippen LogP contribution in [0.5, 0.6) is 0 Å². The summed E-state index contributed by atoms with van der Waals surface area (Å²) in [5.41, 5.74) is 3.39. The Morgan fingerprint density at radius 2 is 1.48 bits per heavy atom. The normalized spacial score (nSPS) is 25.3. The Morgan fingerprint density at radius 1 is 0.889 bits per heavy atom. The van der Waals surface area contributed by atoms with Crippen molar-refractivity contribution in [2.75, 3.05) is 13.2 Å². The maximum Gasteiger partial charge on any atom is 0.113 e. The first-order chi connectivity index (χ1) is 13.0. The summed E-state index contributed by atoms with van der Waals surface area (Å²) >= 11 is 5.91. The molecule has 0 unspecified atom stereocenters. The van der Waals surface area contributed by atoms with Gasteiger partial charge >= 0.3 is 0 Å². The number of halogens is 2. The van der Waals surface area contributed by atoms with E-state index in [0.717, 1.165) is 16.7 Å². The average Bonchev–Trinajstić information content (AvgIpc) is 2.69. The van der Waals surface area contributed by atoms with Gasteiger partial charge in [0.05, 0.1) is 6.04 Å². The summed E-state index contributed by atoms with van der Waals surface area (Å²) in [6, 6.07) is 15.2. The van der Waals surface area contributed by atoms with E-state index >= 15 is 0 Å². The first-order valence-corrected chi connectivity index (χ1v) is 9.26. The number of benzene rings is 2. The summed E-state index contributed by atoms with van der Waals surface area (Å²) < 4.78 is 12.9. The lowest BCUT2D eigenvalue weighted by Gasteiger charge is -2.34. The van der Waals surface area contributed by atoms with Crippen molar-refractivity contribution in [2.45, 2.75) is 30.8 Å². The minimum atomic E-state index is -1.39. The summed E-state index contributed by atoms with van der Waals surface area (Å²) in [5, 5.41) is 33.4. The molecule has 2 aromatic rings. The summed E-state index contributed by atoms with van der Waals surface area (Å²) in [5.74, 6) is 0. The highest BCUT2D eigenvalue weighted by Gasteiger charge is 2.36. The number of nitrogens with one attached hydrogen (secondary N) is 1. The van der Waals surface area contributed by atoms with E-state index in [9.17, 15) is 19.7 Å². The third-order valence-corrected chi connectivity index (χ3v) is 5.15.